The summed E-state index contributed by atoms with van der Waals surface area (Å²) < 4.78 is 15.5. The normalized spacial score (nSPS) is 17.2. The highest BCUT2D eigenvalue weighted by Crippen LogP contribution is 2.47. The van der Waals surface area contributed by atoms with E-state index < -0.39 is 0 Å². The molecule has 0 fully saturated rings. The Morgan fingerprint density at radius 3 is 1.93 bits per heavy atom. The summed E-state index contributed by atoms with van der Waals surface area (Å²) in [6.45, 7) is 16.4. The molecule has 0 spiro atoms. The number of carbonyl (C=O) groups excluding carboxylic acids is 2. The van der Waals surface area contributed by atoms with Gasteiger partial charge in [0.1, 0.15) is 5.82 Å². The van der Waals surface area contributed by atoms with Gasteiger partial charge in [0.05, 0.1) is 21.7 Å². The lowest BCUT2D eigenvalue weighted by atomic mass is 9.98. The molecule has 45 heavy (non-hydrogen) atoms. The fourth-order valence-corrected chi connectivity index (χ4v) is 7.80. The SMILES string of the molecule is CCCCC(CC)CN1C(=O)C2=C(c3ccc(-c4ccc(CCC(C)CC)cc4F)s3)N(CC(CC)CCCC)C(=O)C2=C1C. The van der Waals surface area contributed by atoms with Gasteiger partial charge in [-0.15, -0.1) is 11.3 Å². The maximum atomic E-state index is 15.5. The Bertz CT molecular complexity index is 1410. The van der Waals surface area contributed by atoms with E-state index in [1.54, 1.807) is 6.07 Å². The lowest BCUT2D eigenvalue weighted by Gasteiger charge is -2.28. The van der Waals surface area contributed by atoms with E-state index in [0.29, 0.717) is 47.6 Å². The standard InChI is InChI=1S/C39H55FN2O2S/c1-8-13-15-28(11-4)24-41-27(7)35-36(39(41)44)37(42(38(35)43)25-29(12-5)16-14-9-2)34-22-21-33(45-34)31-20-19-30(23-32(31)40)18-17-26(6)10-3/h19-23,26,28-29H,8-18,24-25H2,1-7H3. The van der Waals surface area contributed by atoms with Crippen LogP contribution in [0, 0.1) is 23.6 Å². The summed E-state index contributed by atoms with van der Waals surface area (Å²) in [7, 11) is 0. The van der Waals surface area contributed by atoms with E-state index in [0.717, 1.165) is 97.3 Å². The van der Waals surface area contributed by atoms with Crippen molar-refractivity contribution in [1.29, 1.82) is 0 Å². The Morgan fingerprint density at radius 1 is 0.756 bits per heavy atom. The van der Waals surface area contributed by atoms with Crippen molar-refractivity contribution in [3.05, 3.63) is 63.4 Å². The van der Waals surface area contributed by atoms with E-state index in [-0.39, 0.29) is 17.6 Å². The molecule has 6 heteroatoms. The maximum Gasteiger partial charge on any atom is 0.261 e. The molecule has 1 aromatic carbocycles. The summed E-state index contributed by atoms with van der Waals surface area (Å²) in [4.78, 5) is 33.9. The minimum Gasteiger partial charge on any atom is -0.311 e. The molecule has 1 aromatic heterocycles. The first-order chi connectivity index (χ1) is 21.7. The van der Waals surface area contributed by atoms with E-state index in [1.807, 2.05) is 41.0 Å². The number of fused-ring (bicyclic) bond motifs is 1. The lowest BCUT2D eigenvalue weighted by molar-refractivity contribution is -0.124. The number of nitrogens with zero attached hydrogens (tertiary/aromatic N) is 2. The zero-order valence-corrected chi connectivity index (χ0v) is 29.6. The molecule has 3 unspecified atom stereocenters. The van der Waals surface area contributed by atoms with Gasteiger partial charge in [0, 0.05) is 29.2 Å². The molecule has 2 amide bonds. The molecule has 0 aliphatic carbocycles. The number of carbonyl (C=O) groups is 2. The van der Waals surface area contributed by atoms with Crippen LogP contribution >= 0.6 is 11.3 Å². The molecular formula is C39H55FN2O2S. The molecule has 2 aromatic rings. The average molecular weight is 635 g/mol. The second kappa shape index (κ2) is 16.2. The van der Waals surface area contributed by atoms with E-state index in [2.05, 4.69) is 41.5 Å². The van der Waals surface area contributed by atoms with Gasteiger partial charge >= 0.3 is 0 Å². The molecule has 0 bridgehead atoms. The molecule has 246 valence electrons. The summed E-state index contributed by atoms with van der Waals surface area (Å²) in [5.41, 5.74) is 4.21. The van der Waals surface area contributed by atoms with Crippen LogP contribution in [0.15, 0.2) is 47.2 Å². The highest BCUT2D eigenvalue weighted by Gasteiger charge is 2.48. The summed E-state index contributed by atoms with van der Waals surface area (Å²) in [5, 5.41) is 0. The molecule has 0 saturated carbocycles. The highest BCUT2D eigenvalue weighted by atomic mass is 32.1. The Labute approximate surface area is 275 Å². The predicted molar refractivity (Wildman–Crippen MR) is 187 cm³/mol. The van der Waals surface area contributed by atoms with Crippen LogP contribution in [0.5, 0.6) is 0 Å². The summed E-state index contributed by atoms with van der Waals surface area (Å²) in [6.07, 6.45) is 11.7. The van der Waals surface area contributed by atoms with E-state index >= 15 is 4.39 Å². The third-order valence-corrected chi connectivity index (χ3v) is 11.3. The van der Waals surface area contributed by atoms with Crippen molar-refractivity contribution in [2.45, 2.75) is 119 Å². The third kappa shape index (κ3) is 7.81. The van der Waals surface area contributed by atoms with Crippen molar-refractivity contribution in [2.24, 2.45) is 17.8 Å². The Hall–Kier alpha value is -2.73. The topological polar surface area (TPSA) is 40.6 Å². The largest absolute Gasteiger partial charge is 0.311 e. The Kier molecular flexibility index (Phi) is 12.6. The molecule has 3 heterocycles. The lowest BCUT2D eigenvalue weighted by Crippen LogP contribution is -2.34. The number of unbranched alkanes of at least 4 members (excludes halogenated alkanes) is 2. The van der Waals surface area contributed by atoms with Gasteiger partial charge in [-0.3, -0.25) is 9.59 Å². The number of rotatable bonds is 18. The Balaban J connectivity index is 1.72. The summed E-state index contributed by atoms with van der Waals surface area (Å²) >= 11 is 1.48. The molecule has 4 nitrogen and oxygen atoms in total. The fourth-order valence-electron chi connectivity index (χ4n) is 6.71. The first-order valence-corrected chi connectivity index (χ1v) is 18.5. The van der Waals surface area contributed by atoms with Gasteiger partial charge in [-0.1, -0.05) is 98.6 Å². The van der Waals surface area contributed by atoms with Crippen LogP contribution in [-0.4, -0.2) is 34.7 Å². The molecule has 0 radical (unpaired) electrons. The summed E-state index contributed by atoms with van der Waals surface area (Å²) in [5.74, 6) is 1.04. The number of benzene rings is 1. The van der Waals surface area contributed by atoms with Crippen molar-refractivity contribution >= 4 is 28.8 Å². The van der Waals surface area contributed by atoms with Crippen molar-refractivity contribution in [2.75, 3.05) is 13.1 Å². The second-order valence-electron chi connectivity index (χ2n) is 13.4. The van der Waals surface area contributed by atoms with Crippen molar-refractivity contribution in [3.63, 3.8) is 0 Å². The van der Waals surface area contributed by atoms with E-state index in [1.165, 1.54) is 11.3 Å². The molecule has 0 N–H and O–H groups in total. The van der Waals surface area contributed by atoms with Gasteiger partial charge in [0.25, 0.3) is 11.8 Å². The number of hydrogen-bond acceptors (Lipinski definition) is 3. The average Bonchev–Trinajstić information content (AvgIpc) is 3.70. The van der Waals surface area contributed by atoms with Gasteiger partial charge in [-0.2, -0.15) is 0 Å². The third-order valence-electron chi connectivity index (χ3n) is 10.2. The molecule has 2 aliphatic heterocycles. The molecule has 4 rings (SSSR count). The highest BCUT2D eigenvalue weighted by molar-refractivity contribution is 7.16. The van der Waals surface area contributed by atoms with Crippen LogP contribution in [0.4, 0.5) is 4.39 Å². The van der Waals surface area contributed by atoms with Gasteiger partial charge in [0.2, 0.25) is 0 Å². The molecule has 3 atom stereocenters. The maximum absolute atomic E-state index is 15.5. The second-order valence-corrected chi connectivity index (χ2v) is 14.5. The fraction of sp³-hybridized carbons (Fsp3) is 0.590. The number of aryl methyl sites for hydroxylation is 1. The first-order valence-electron chi connectivity index (χ1n) is 17.7. The molecular weight excluding hydrogens is 580 g/mol. The van der Waals surface area contributed by atoms with Crippen LogP contribution < -0.4 is 0 Å². The van der Waals surface area contributed by atoms with Crippen LogP contribution in [0.2, 0.25) is 0 Å². The van der Waals surface area contributed by atoms with Crippen molar-refractivity contribution < 1.29 is 14.0 Å². The van der Waals surface area contributed by atoms with Gasteiger partial charge in [-0.05, 0) is 74.1 Å². The van der Waals surface area contributed by atoms with E-state index in [9.17, 15) is 9.59 Å². The first kappa shape index (κ1) is 35.1. The quantitative estimate of drug-likeness (QED) is 0.164. The van der Waals surface area contributed by atoms with Crippen LogP contribution in [-0.2, 0) is 16.0 Å². The zero-order chi connectivity index (χ0) is 32.7. The smallest absolute Gasteiger partial charge is 0.261 e. The van der Waals surface area contributed by atoms with Gasteiger partial charge < -0.3 is 9.80 Å². The van der Waals surface area contributed by atoms with Crippen molar-refractivity contribution in [1.82, 2.24) is 9.80 Å². The molecule has 0 saturated heterocycles. The monoisotopic (exact) mass is 634 g/mol. The number of allylic oxidation sites excluding steroid dienone is 1. The zero-order valence-electron chi connectivity index (χ0n) is 28.8. The molecule has 2 aliphatic rings. The van der Waals surface area contributed by atoms with Crippen LogP contribution in [0.3, 0.4) is 0 Å². The number of halogens is 1. The Morgan fingerprint density at radius 2 is 1.36 bits per heavy atom. The minimum atomic E-state index is -0.218. The number of thiophene rings is 1. The van der Waals surface area contributed by atoms with Crippen molar-refractivity contribution in [3.8, 4) is 10.4 Å². The predicted octanol–water partition coefficient (Wildman–Crippen LogP) is 10.6. The minimum absolute atomic E-state index is 0.0586. The summed E-state index contributed by atoms with van der Waals surface area (Å²) in [6, 6.07) is 9.54. The number of amides is 2. The van der Waals surface area contributed by atoms with Gasteiger partial charge in [0.15, 0.2) is 0 Å². The van der Waals surface area contributed by atoms with E-state index in [4.69, 9.17) is 0 Å². The number of hydrogen-bond donors (Lipinski definition) is 0. The van der Waals surface area contributed by atoms with Gasteiger partial charge in [-0.25, -0.2) is 4.39 Å². The van der Waals surface area contributed by atoms with Crippen LogP contribution in [0.1, 0.15) is 123 Å². The van der Waals surface area contributed by atoms with Crippen LogP contribution in [0.25, 0.3) is 16.1 Å².